The summed E-state index contributed by atoms with van der Waals surface area (Å²) in [5.74, 6) is 0. The SMILES string of the molecule is CN1CCN(Cc2csc(NC(=O)NCc3ccc(Cl)c(Cl)c3)n2)CC1.Cl. The van der Waals surface area contributed by atoms with Gasteiger partial charge in [0.2, 0.25) is 0 Å². The smallest absolute Gasteiger partial charge is 0.321 e. The lowest BCUT2D eigenvalue weighted by atomic mass is 10.2. The van der Waals surface area contributed by atoms with Crippen LogP contribution in [-0.2, 0) is 13.1 Å². The van der Waals surface area contributed by atoms with Crippen molar-refractivity contribution in [3.05, 3.63) is 44.9 Å². The number of likely N-dealkylation sites (N-methyl/N-ethyl adjacent to an activating group) is 1. The van der Waals surface area contributed by atoms with Crippen LogP contribution in [0.2, 0.25) is 10.0 Å². The number of aromatic nitrogens is 1. The summed E-state index contributed by atoms with van der Waals surface area (Å²) in [4.78, 5) is 21.2. The molecule has 2 N–H and O–H groups in total. The molecule has 1 aliphatic heterocycles. The molecule has 6 nitrogen and oxygen atoms in total. The van der Waals surface area contributed by atoms with Gasteiger partial charge in [-0.05, 0) is 24.7 Å². The minimum atomic E-state index is -0.295. The predicted octanol–water partition coefficient (Wildman–Crippen LogP) is 3.94. The monoisotopic (exact) mass is 449 g/mol. The molecule has 1 fully saturated rings. The second-order valence-electron chi connectivity index (χ2n) is 6.28. The van der Waals surface area contributed by atoms with E-state index in [0.717, 1.165) is 44.0 Å². The normalized spacial score (nSPS) is 15.2. The van der Waals surface area contributed by atoms with Gasteiger partial charge in [0.05, 0.1) is 15.7 Å². The molecular formula is C17H22Cl3N5OS. The number of carbonyl (C=O) groups excluding carboxylic acids is 1. The lowest BCUT2D eigenvalue weighted by Gasteiger charge is -2.31. The predicted molar refractivity (Wildman–Crippen MR) is 114 cm³/mol. The van der Waals surface area contributed by atoms with E-state index < -0.39 is 0 Å². The first-order valence-corrected chi connectivity index (χ1v) is 9.97. The van der Waals surface area contributed by atoms with Crippen molar-refractivity contribution in [3.8, 4) is 0 Å². The van der Waals surface area contributed by atoms with Gasteiger partial charge in [-0.3, -0.25) is 10.2 Å². The van der Waals surface area contributed by atoms with Gasteiger partial charge in [0, 0.05) is 44.6 Å². The largest absolute Gasteiger partial charge is 0.334 e. The summed E-state index contributed by atoms with van der Waals surface area (Å²) in [5.41, 5.74) is 1.86. The van der Waals surface area contributed by atoms with E-state index in [2.05, 4.69) is 32.5 Å². The molecule has 1 saturated heterocycles. The van der Waals surface area contributed by atoms with E-state index in [0.29, 0.717) is 21.7 Å². The average Bonchev–Trinajstić information content (AvgIpc) is 3.05. The van der Waals surface area contributed by atoms with Crippen LogP contribution in [0, 0.1) is 0 Å². The molecule has 1 aliphatic rings. The molecule has 1 aromatic heterocycles. The Labute approximate surface area is 179 Å². The Morgan fingerprint density at radius 3 is 2.67 bits per heavy atom. The van der Waals surface area contributed by atoms with Gasteiger partial charge in [-0.1, -0.05) is 29.3 Å². The third-order valence-corrected chi connectivity index (χ3v) is 5.74. The number of carbonyl (C=O) groups is 1. The van der Waals surface area contributed by atoms with Gasteiger partial charge in [-0.15, -0.1) is 23.7 Å². The van der Waals surface area contributed by atoms with Gasteiger partial charge in [0.1, 0.15) is 0 Å². The number of halogens is 3. The number of hydrogen-bond acceptors (Lipinski definition) is 5. The number of thiazole rings is 1. The Hall–Kier alpha value is -1.09. The molecule has 0 unspecified atom stereocenters. The molecule has 0 saturated carbocycles. The summed E-state index contributed by atoms with van der Waals surface area (Å²) in [7, 11) is 2.14. The van der Waals surface area contributed by atoms with Crippen molar-refractivity contribution in [1.29, 1.82) is 0 Å². The maximum atomic E-state index is 12.0. The second-order valence-corrected chi connectivity index (χ2v) is 7.95. The van der Waals surface area contributed by atoms with Crippen LogP contribution in [0.1, 0.15) is 11.3 Å². The molecule has 0 radical (unpaired) electrons. The summed E-state index contributed by atoms with van der Waals surface area (Å²) in [6.07, 6.45) is 0. The minimum absolute atomic E-state index is 0. The number of rotatable bonds is 5. The first-order chi connectivity index (χ1) is 12.5. The number of nitrogens with zero attached hydrogens (tertiary/aromatic N) is 3. The van der Waals surface area contributed by atoms with Crippen LogP contribution in [0.15, 0.2) is 23.6 Å². The zero-order chi connectivity index (χ0) is 18.5. The number of amides is 2. The molecule has 0 atom stereocenters. The van der Waals surface area contributed by atoms with Crippen molar-refractivity contribution in [3.63, 3.8) is 0 Å². The van der Waals surface area contributed by atoms with Crippen molar-refractivity contribution < 1.29 is 4.79 Å². The number of urea groups is 1. The van der Waals surface area contributed by atoms with Gasteiger partial charge < -0.3 is 10.2 Å². The Kier molecular flexibility index (Phi) is 8.60. The molecule has 1 aromatic carbocycles. The number of nitrogens with one attached hydrogen (secondary N) is 2. The van der Waals surface area contributed by atoms with Crippen molar-refractivity contribution in [2.75, 3.05) is 38.5 Å². The number of anilines is 1. The van der Waals surface area contributed by atoms with E-state index >= 15 is 0 Å². The summed E-state index contributed by atoms with van der Waals surface area (Å²) in [6.45, 7) is 5.42. The minimum Gasteiger partial charge on any atom is -0.334 e. The fourth-order valence-electron chi connectivity index (χ4n) is 2.65. The van der Waals surface area contributed by atoms with Crippen molar-refractivity contribution in [2.24, 2.45) is 0 Å². The second kappa shape index (κ2) is 10.5. The van der Waals surface area contributed by atoms with Gasteiger partial charge in [0.15, 0.2) is 5.13 Å². The molecule has 27 heavy (non-hydrogen) atoms. The highest BCUT2D eigenvalue weighted by atomic mass is 35.5. The van der Waals surface area contributed by atoms with Crippen LogP contribution in [-0.4, -0.2) is 54.0 Å². The Bertz CT molecular complexity index is 765. The first-order valence-electron chi connectivity index (χ1n) is 8.33. The van der Waals surface area contributed by atoms with Crippen LogP contribution in [0.5, 0.6) is 0 Å². The fourth-order valence-corrected chi connectivity index (χ4v) is 3.66. The van der Waals surface area contributed by atoms with Crippen molar-refractivity contribution in [1.82, 2.24) is 20.1 Å². The number of hydrogen-bond donors (Lipinski definition) is 2. The van der Waals surface area contributed by atoms with Crippen LogP contribution < -0.4 is 10.6 Å². The Morgan fingerprint density at radius 2 is 1.96 bits per heavy atom. The lowest BCUT2D eigenvalue weighted by molar-refractivity contribution is 0.147. The van der Waals surface area contributed by atoms with Crippen LogP contribution in [0.3, 0.4) is 0 Å². The molecule has 2 heterocycles. The van der Waals surface area contributed by atoms with E-state index in [1.54, 1.807) is 12.1 Å². The summed E-state index contributed by atoms with van der Waals surface area (Å²) in [5, 5.41) is 9.12. The molecule has 0 spiro atoms. The highest BCUT2D eigenvalue weighted by Crippen LogP contribution is 2.22. The Morgan fingerprint density at radius 1 is 1.22 bits per heavy atom. The topological polar surface area (TPSA) is 60.5 Å². The highest BCUT2D eigenvalue weighted by Gasteiger charge is 2.15. The third-order valence-electron chi connectivity index (χ3n) is 4.19. The van der Waals surface area contributed by atoms with Crippen molar-refractivity contribution >= 4 is 58.1 Å². The lowest BCUT2D eigenvalue weighted by Crippen LogP contribution is -2.43. The fraction of sp³-hybridized carbons (Fsp3) is 0.412. The van der Waals surface area contributed by atoms with Crippen LogP contribution >= 0.6 is 46.9 Å². The van der Waals surface area contributed by atoms with Gasteiger partial charge in [-0.25, -0.2) is 9.78 Å². The first kappa shape index (κ1) is 22.2. The molecule has 3 rings (SSSR count). The molecule has 0 aliphatic carbocycles. The summed E-state index contributed by atoms with van der Waals surface area (Å²) < 4.78 is 0. The van der Waals surface area contributed by atoms with Gasteiger partial charge >= 0.3 is 6.03 Å². The van der Waals surface area contributed by atoms with Crippen LogP contribution in [0.4, 0.5) is 9.93 Å². The van der Waals surface area contributed by atoms with Gasteiger partial charge in [-0.2, -0.15) is 0 Å². The zero-order valence-electron chi connectivity index (χ0n) is 14.9. The molecule has 0 bridgehead atoms. The summed E-state index contributed by atoms with van der Waals surface area (Å²) >= 11 is 13.3. The van der Waals surface area contributed by atoms with Crippen molar-refractivity contribution in [2.45, 2.75) is 13.1 Å². The number of piperazine rings is 1. The van der Waals surface area contributed by atoms with Gasteiger partial charge in [0.25, 0.3) is 0 Å². The van der Waals surface area contributed by atoms with E-state index in [1.807, 2.05) is 11.4 Å². The zero-order valence-corrected chi connectivity index (χ0v) is 18.0. The molecule has 10 heteroatoms. The molecule has 2 amide bonds. The average molecular weight is 451 g/mol. The standard InChI is InChI=1S/C17H21Cl2N5OS.ClH/c1-23-4-6-24(7-5-23)10-13-11-26-17(21-13)22-16(25)20-9-12-2-3-14(18)15(19)8-12;/h2-3,8,11H,4-7,9-10H2,1H3,(H2,20,21,22,25);1H. The molecule has 148 valence electrons. The number of benzene rings is 1. The molecular weight excluding hydrogens is 429 g/mol. The third kappa shape index (κ3) is 6.78. The van der Waals surface area contributed by atoms with E-state index in [-0.39, 0.29) is 18.4 Å². The van der Waals surface area contributed by atoms with E-state index in [4.69, 9.17) is 23.2 Å². The molecule has 2 aromatic rings. The maximum absolute atomic E-state index is 12.0. The van der Waals surface area contributed by atoms with Crippen LogP contribution in [0.25, 0.3) is 0 Å². The van der Waals surface area contributed by atoms with E-state index in [9.17, 15) is 4.79 Å². The quantitative estimate of drug-likeness (QED) is 0.724. The van der Waals surface area contributed by atoms with E-state index in [1.165, 1.54) is 11.3 Å². The Balaban J connectivity index is 0.00000261. The maximum Gasteiger partial charge on any atom is 0.321 e. The highest BCUT2D eigenvalue weighted by molar-refractivity contribution is 7.13. The summed E-state index contributed by atoms with van der Waals surface area (Å²) in [6, 6.07) is 4.98.